The molecule has 0 aromatic carbocycles. The van der Waals surface area contributed by atoms with E-state index < -0.39 is 0 Å². The van der Waals surface area contributed by atoms with Crippen molar-refractivity contribution < 1.29 is 4.79 Å². The van der Waals surface area contributed by atoms with Crippen LogP contribution in [-0.4, -0.2) is 38.8 Å². The Labute approximate surface area is 115 Å². The molecule has 6 heteroatoms. The highest BCUT2D eigenvalue weighted by Crippen LogP contribution is 2.24. The molecule has 20 heavy (non-hydrogen) atoms. The maximum atomic E-state index is 12.4. The van der Waals surface area contributed by atoms with E-state index in [1.807, 2.05) is 0 Å². The zero-order valence-corrected chi connectivity index (χ0v) is 11.0. The van der Waals surface area contributed by atoms with Gasteiger partial charge < -0.3 is 14.9 Å². The van der Waals surface area contributed by atoms with Crippen LogP contribution in [0.3, 0.4) is 0 Å². The Morgan fingerprint density at radius 1 is 1.35 bits per heavy atom. The molecule has 2 N–H and O–H groups in total. The van der Waals surface area contributed by atoms with Crippen LogP contribution in [0.25, 0.3) is 0 Å². The summed E-state index contributed by atoms with van der Waals surface area (Å²) >= 11 is 0. The molecular formula is C14H16N4O2. The molecule has 1 amide bonds. The van der Waals surface area contributed by atoms with Crippen LogP contribution in [0.2, 0.25) is 0 Å². The van der Waals surface area contributed by atoms with Gasteiger partial charge in [-0.1, -0.05) is 0 Å². The number of nitrogens with zero attached hydrogens (tertiary/aromatic N) is 2. The smallest absolute Gasteiger partial charge is 0.260 e. The highest BCUT2D eigenvalue weighted by molar-refractivity contribution is 5.93. The molecule has 3 rings (SSSR count). The largest absolute Gasteiger partial charge is 0.348 e. The third kappa shape index (κ3) is 2.36. The maximum absolute atomic E-state index is 12.4. The minimum absolute atomic E-state index is 0.201. The Morgan fingerprint density at radius 2 is 2.25 bits per heavy atom. The molecule has 3 heterocycles. The van der Waals surface area contributed by atoms with E-state index in [4.69, 9.17) is 0 Å². The number of carbonyl (C=O) groups is 1. The number of H-pyrrole nitrogens is 2. The molecule has 1 unspecified atom stereocenters. The minimum atomic E-state index is -0.336. The zero-order chi connectivity index (χ0) is 13.9. The second-order valence-corrected chi connectivity index (χ2v) is 4.98. The number of carbonyl (C=O) groups excluding carboxylic acids is 1. The molecule has 1 aliphatic heterocycles. The number of amides is 1. The molecule has 1 fully saturated rings. The molecule has 104 valence electrons. The molecular weight excluding hydrogens is 256 g/mol. The lowest BCUT2D eigenvalue weighted by molar-refractivity contribution is 0.0703. The number of rotatable bonds is 2. The summed E-state index contributed by atoms with van der Waals surface area (Å²) in [5.74, 6) is 0.915. The molecule has 2 aromatic rings. The van der Waals surface area contributed by atoms with Gasteiger partial charge in [-0.05, 0) is 25.0 Å². The molecule has 0 radical (unpaired) electrons. The summed E-state index contributed by atoms with van der Waals surface area (Å²) in [5, 5.41) is 0. The first-order valence-corrected chi connectivity index (χ1v) is 6.72. The van der Waals surface area contributed by atoms with Crippen molar-refractivity contribution in [2.75, 3.05) is 13.1 Å². The van der Waals surface area contributed by atoms with Crippen LogP contribution in [0, 0.1) is 0 Å². The summed E-state index contributed by atoms with van der Waals surface area (Å²) in [6.07, 6.45) is 6.96. The molecule has 0 aliphatic carbocycles. The van der Waals surface area contributed by atoms with Crippen LogP contribution in [-0.2, 0) is 0 Å². The minimum Gasteiger partial charge on any atom is -0.348 e. The first-order valence-electron chi connectivity index (χ1n) is 6.72. The predicted octanol–water partition coefficient (Wildman–Crippen LogP) is 1.12. The van der Waals surface area contributed by atoms with Crippen molar-refractivity contribution in [2.45, 2.75) is 18.8 Å². The van der Waals surface area contributed by atoms with E-state index >= 15 is 0 Å². The van der Waals surface area contributed by atoms with Gasteiger partial charge in [-0.25, -0.2) is 4.98 Å². The van der Waals surface area contributed by atoms with E-state index in [1.54, 1.807) is 29.4 Å². The van der Waals surface area contributed by atoms with Gasteiger partial charge in [0.15, 0.2) is 0 Å². The van der Waals surface area contributed by atoms with Crippen molar-refractivity contribution >= 4 is 5.91 Å². The molecule has 2 aromatic heterocycles. The fraction of sp³-hybridized carbons (Fsp3) is 0.357. The number of hydrogen-bond donors (Lipinski definition) is 2. The summed E-state index contributed by atoms with van der Waals surface area (Å²) in [6.45, 7) is 1.28. The van der Waals surface area contributed by atoms with Gasteiger partial charge in [-0.15, -0.1) is 0 Å². The van der Waals surface area contributed by atoms with Gasteiger partial charge in [0.2, 0.25) is 0 Å². The van der Waals surface area contributed by atoms with Crippen LogP contribution in [0.15, 0.2) is 35.5 Å². The molecule has 0 spiro atoms. The highest BCUT2D eigenvalue weighted by atomic mass is 16.2. The van der Waals surface area contributed by atoms with Crippen LogP contribution in [0.1, 0.15) is 34.9 Å². The number of hydrogen-bond acceptors (Lipinski definition) is 3. The number of likely N-dealkylation sites (tertiary alicyclic amines) is 1. The number of pyridine rings is 1. The average molecular weight is 272 g/mol. The number of aromatic amines is 2. The molecule has 1 atom stereocenters. The Kier molecular flexibility index (Phi) is 3.37. The summed E-state index contributed by atoms with van der Waals surface area (Å²) in [5.41, 5.74) is -0.134. The zero-order valence-electron chi connectivity index (χ0n) is 11.0. The first-order chi connectivity index (χ1) is 9.75. The van der Waals surface area contributed by atoms with Crippen LogP contribution >= 0.6 is 0 Å². The van der Waals surface area contributed by atoms with Crippen LogP contribution in [0.4, 0.5) is 0 Å². The van der Waals surface area contributed by atoms with Crippen LogP contribution < -0.4 is 5.56 Å². The van der Waals surface area contributed by atoms with Gasteiger partial charge in [0.1, 0.15) is 11.4 Å². The van der Waals surface area contributed by atoms with E-state index in [9.17, 15) is 9.59 Å². The third-order valence-corrected chi connectivity index (χ3v) is 3.66. The maximum Gasteiger partial charge on any atom is 0.260 e. The van der Waals surface area contributed by atoms with E-state index in [0.717, 1.165) is 18.7 Å². The fourth-order valence-corrected chi connectivity index (χ4v) is 2.65. The molecule has 1 saturated heterocycles. The van der Waals surface area contributed by atoms with Crippen molar-refractivity contribution in [3.8, 4) is 0 Å². The van der Waals surface area contributed by atoms with E-state index in [2.05, 4.69) is 15.0 Å². The summed E-state index contributed by atoms with van der Waals surface area (Å²) in [6, 6.07) is 3.24. The van der Waals surface area contributed by atoms with Gasteiger partial charge in [0.05, 0.1) is 0 Å². The summed E-state index contributed by atoms with van der Waals surface area (Å²) < 4.78 is 0. The Morgan fingerprint density at radius 3 is 3.00 bits per heavy atom. The molecule has 0 bridgehead atoms. The lowest BCUT2D eigenvalue weighted by Crippen LogP contribution is -2.41. The molecule has 1 aliphatic rings. The quantitative estimate of drug-likeness (QED) is 0.859. The van der Waals surface area contributed by atoms with E-state index in [0.29, 0.717) is 13.1 Å². The van der Waals surface area contributed by atoms with Crippen molar-refractivity contribution in [3.63, 3.8) is 0 Å². The number of imidazole rings is 1. The molecule has 0 saturated carbocycles. The standard InChI is InChI=1S/C14H16N4O2/c19-13-11(4-1-5-17-13)14(20)18-8-2-3-10(9-18)12-15-6-7-16-12/h1,4-7,10H,2-3,8-9H2,(H,15,16)(H,17,19). The lowest BCUT2D eigenvalue weighted by Gasteiger charge is -2.31. The Hall–Kier alpha value is -2.37. The van der Waals surface area contributed by atoms with Gasteiger partial charge in [0, 0.05) is 37.6 Å². The number of nitrogens with one attached hydrogen (secondary N) is 2. The summed E-state index contributed by atoms with van der Waals surface area (Å²) in [4.78, 5) is 35.7. The van der Waals surface area contributed by atoms with E-state index in [-0.39, 0.29) is 22.9 Å². The topological polar surface area (TPSA) is 81.8 Å². The third-order valence-electron chi connectivity index (χ3n) is 3.66. The number of piperidine rings is 1. The average Bonchev–Trinajstić information content (AvgIpc) is 3.01. The van der Waals surface area contributed by atoms with Crippen molar-refractivity contribution in [2.24, 2.45) is 0 Å². The van der Waals surface area contributed by atoms with E-state index in [1.165, 1.54) is 6.20 Å². The monoisotopic (exact) mass is 272 g/mol. The Balaban J connectivity index is 1.79. The molecule has 6 nitrogen and oxygen atoms in total. The van der Waals surface area contributed by atoms with Crippen LogP contribution in [0.5, 0.6) is 0 Å². The number of aromatic nitrogens is 3. The lowest BCUT2D eigenvalue weighted by atomic mass is 9.97. The van der Waals surface area contributed by atoms with Gasteiger partial charge in [-0.3, -0.25) is 9.59 Å². The fourth-order valence-electron chi connectivity index (χ4n) is 2.65. The second-order valence-electron chi connectivity index (χ2n) is 4.98. The predicted molar refractivity (Wildman–Crippen MR) is 73.5 cm³/mol. The van der Waals surface area contributed by atoms with Gasteiger partial charge in [-0.2, -0.15) is 0 Å². The second kappa shape index (κ2) is 5.32. The normalized spacial score (nSPS) is 19.0. The van der Waals surface area contributed by atoms with Gasteiger partial charge in [0.25, 0.3) is 11.5 Å². The van der Waals surface area contributed by atoms with Crippen molar-refractivity contribution in [1.82, 2.24) is 19.9 Å². The highest BCUT2D eigenvalue weighted by Gasteiger charge is 2.27. The first kappa shape index (κ1) is 12.7. The van der Waals surface area contributed by atoms with Gasteiger partial charge >= 0.3 is 0 Å². The SMILES string of the molecule is O=C(c1ccc[nH]c1=O)N1CCCC(c2ncc[nH]2)C1. The van der Waals surface area contributed by atoms with Crippen molar-refractivity contribution in [1.29, 1.82) is 0 Å². The van der Waals surface area contributed by atoms with Crippen molar-refractivity contribution in [3.05, 3.63) is 52.5 Å². The Bertz CT molecular complexity index is 647. The summed E-state index contributed by atoms with van der Waals surface area (Å²) in [7, 11) is 0.